The van der Waals surface area contributed by atoms with E-state index in [9.17, 15) is 4.39 Å². The van der Waals surface area contributed by atoms with Crippen molar-refractivity contribution in [3.63, 3.8) is 0 Å². The van der Waals surface area contributed by atoms with Crippen LogP contribution in [-0.2, 0) is 0 Å². The van der Waals surface area contributed by atoms with Crippen LogP contribution in [0.4, 0.5) is 4.39 Å². The molecule has 0 amide bonds. The molecule has 1 nitrogen and oxygen atoms in total. The second kappa shape index (κ2) is 6.27. The Labute approximate surface area is 120 Å². The second-order valence-electron chi connectivity index (χ2n) is 5.66. The van der Waals surface area contributed by atoms with Crippen molar-refractivity contribution in [2.75, 3.05) is 12.3 Å². The Kier molecular flexibility index (Phi) is 4.91. The summed E-state index contributed by atoms with van der Waals surface area (Å²) in [5.74, 6) is 1.13. The average molecular weight is 281 g/mol. The lowest BCUT2D eigenvalue weighted by Crippen LogP contribution is -2.38. The molecule has 1 aromatic carbocycles. The van der Waals surface area contributed by atoms with Crippen LogP contribution in [0.3, 0.4) is 0 Å². The molecule has 1 fully saturated rings. The van der Waals surface area contributed by atoms with Crippen LogP contribution < -0.4 is 5.32 Å². The Morgan fingerprint density at radius 2 is 2.26 bits per heavy atom. The number of aryl methyl sites for hydroxylation is 1. The maximum atomic E-state index is 13.8. The third kappa shape index (κ3) is 3.32. The maximum Gasteiger partial charge on any atom is 0.126 e. The first-order chi connectivity index (χ1) is 9.07. The Hall–Kier alpha value is -0.540. The zero-order valence-corrected chi connectivity index (χ0v) is 12.9. The monoisotopic (exact) mass is 281 g/mol. The molecule has 1 saturated heterocycles. The van der Waals surface area contributed by atoms with Gasteiger partial charge in [-0.15, -0.1) is 0 Å². The molecule has 0 aromatic heterocycles. The van der Waals surface area contributed by atoms with Crippen molar-refractivity contribution in [2.24, 2.45) is 0 Å². The Morgan fingerprint density at radius 1 is 1.47 bits per heavy atom. The normalized spacial score (nSPS) is 24.6. The lowest BCUT2D eigenvalue weighted by molar-refractivity contribution is 0.411. The van der Waals surface area contributed by atoms with Gasteiger partial charge in [0.15, 0.2) is 0 Å². The zero-order chi connectivity index (χ0) is 13.9. The van der Waals surface area contributed by atoms with Crippen LogP contribution in [-0.4, -0.2) is 17.0 Å². The number of benzene rings is 1. The molecule has 1 aromatic rings. The van der Waals surface area contributed by atoms with E-state index in [1.165, 1.54) is 18.6 Å². The van der Waals surface area contributed by atoms with Gasteiger partial charge in [0, 0.05) is 10.8 Å². The predicted molar refractivity (Wildman–Crippen MR) is 82.3 cm³/mol. The van der Waals surface area contributed by atoms with Crippen molar-refractivity contribution in [2.45, 2.75) is 50.8 Å². The standard InChI is InChI=1S/C16H24FNS/c1-4-9-18-15(16(3)8-5-10-19-16)13-7-6-12(2)14(17)11-13/h6-7,11,15,18H,4-5,8-10H2,1-3H3. The number of hydrogen-bond acceptors (Lipinski definition) is 2. The van der Waals surface area contributed by atoms with Crippen LogP contribution in [0.15, 0.2) is 18.2 Å². The lowest BCUT2D eigenvalue weighted by atomic mass is 9.89. The van der Waals surface area contributed by atoms with Gasteiger partial charge in [-0.1, -0.05) is 19.1 Å². The smallest absolute Gasteiger partial charge is 0.126 e. The van der Waals surface area contributed by atoms with E-state index in [1.54, 1.807) is 6.07 Å². The fraction of sp³-hybridized carbons (Fsp3) is 0.625. The molecule has 106 valence electrons. The van der Waals surface area contributed by atoms with Crippen molar-refractivity contribution in [3.8, 4) is 0 Å². The van der Waals surface area contributed by atoms with Gasteiger partial charge in [0.05, 0.1) is 0 Å². The molecule has 1 heterocycles. The highest BCUT2D eigenvalue weighted by Gasteiger charge is 2.38. The number of halogens is 1. The summed E-state index contributed by atoms with van der Waals surface area (Å²) >= 11 is 2.02. The van der Waals surface area contributed by atoms with Gasteiger partial charge in [-0.25, -0.2) is 4.39 Å². The van der Waals surface area contributed by atoms with Gasteiger partial charge in [0.1, 0.15) is 5.82 Å². The largest absolute Gasteiger partial charge is 0.309 e. The van der Waals surface area contributed by atoms with Crippen molar-refractivity contribution in [3.05, 3.63) is 35.1 Å². The molecule has 2 rings (SSSR count). The summed E-state index contributed by atoms with van der Waals surface area (Å²) in [5.41, 5.74) is 1.82. The first-order valence-electron chi connectivity index (χ1n) is 7.20. The van der Waals surface area contributed by atoms with Crippen LogP contribution in [0.1, 0.15) is 50.3 Å². The fourth-order valence-electron chi connectivity index (χ4n) is 2.79. The highest BCUT2D eigenvalue weighted by Crippen LogP contribution is 2.46. The third-order valence-electron chi connectivity index (χ3n) is 3.99. The van der Waals surface area contributed by atoms with Crippen molar-refractivity contribution in [1.82, 2.24) is 5.32 Å². The van der Waals surface area contributed by atoms with Gasteiger partial charge in [-0.2, -0.15) is 11.8 Å². The number of nitrogens with one attached hydrogen (secondary N) is 1. The highest BCUT2D eigenvalue weighted by atomic mass is 32.2. The van der Waals surface area contributed by atoms with Gasteiger partial charge >= 0.3 is 0 Å². The van der Waals surface area contributed by atoms with Crippen LogP contribution in [0.25, 0.3) is 0 Å². The van der Waals surface area contributed by atoms with Crippen LogP contribution in [0.2, 0.25) is 0 Å². The highest BCUT2D eigenvalue weighted by molar-refractivity contribution is 8.00. The first kappa shape index (κ1) is 14.9. The van der Waals surface area contributed by atoms with E-state index in [0.29, 0.717) is 0 Å². The van der Waals surface area contributed by atoms with E-state index in [4.69, 9.17) is 0 Å². The van der Waals surface area contributed by atoms with Crippen molar-refractivity contribution >= 4 is 11.8 Å². The van der Waals surface area contributed by atoms with Crippen LogP contribution >= 0.6 is 11.8 Å². The Bertz CT molecular complexity index is 427. The molecule has 1 aliphatic rings. The zero-order valence-electron chi connectivity index (χ0n) is 12.1. The van der Waals surface area contributed by atoms with E-state index >= 15 is 0 Å². The maximum absolute atomic E-state index is 13.8. The summed E-state index contributed by atoms with van der Waals surface area (Å²) in [6, 6.07) is 5.94. The molecule has 3 heteroatoms. The summed E-state index contributed by atoms with van der Waals surface area (Å²) in [4.78, 5) is 0. The fourth-order valence-corrected chi connectivity index (χ4v) is 4.22. The molecule has 2 unspecified atom stereocenters. The molecule has 0 spiro atoms. The van der Waals surface area contributed by atoms with Crippen molar-refractivity contribution < 1.29 is 4.39 Å². The number of rotatable bonds is 5. The minimum Gasteiger partial charge on any atom is -0.309 e. The SMILES string of the molecule is CCCNC(c1ccc(C)c(F)c1)C1(C)CCCS1. The first-order valence-corrected chi connectivity index (χ1v) is 8.19. The van der Waals surface area contributed by atoms with E-state index in [2.05, 4.69) is 25.2 Å². The summed E-state index contributed by atoms with van der Waals surface area (Å²) in [7, 11) is 0. The molecule has 0 bridgehead atoms. The molecule has 2 atom stereocenters. The molecule has 0 aliphatic carbocycles. The molecule has 1 N–H and O–H groups in total. The quantitative estimate of drug-likeness (QED) is 0.855. The summed E-state index contributed by atoms with van der Waals surface area (Å²) in [6.07, 6.45) is 3.57. The molecular weight excluding hydrogens is 257 g/mol. The molecule has 0 saturated carbocycles. The number of hydrogen-bond donors (Lipinski definition) is 1. The molecular formula is C16H24FNS. The van der Waals surface area contributed by atoms with Crippen LogP contribution in [0, 0.1) is 12.7 Å². The summed E-state index contributed by atoms with van der Waals surface area (Å²) in [6.45, 7) is 7.29. The Morgan fingerprint density at radius 3 is 2.84 bits per heavy atom. The van der Waals surface area contributed by atoms with Crippen LogP contribution in [0.5, 0.6) is 0 Å². The minimum atomic E-state index is -0.0904. The summed E-state index contributed by atoms with van der Waals surface area (Å²) < 4.78 is 14.0. The van der Waals surface area contributed by atoms with Gasteiger partial charge < -0.3 is 5.32 Å². The minimum absolute atomic E-state index is 0.0904. The van der Waals surface area contributed by atoms with Crippen molar-refractivity contribution in [1.29, 1.82) is 0 Å². The Balaban J connectivity index is 2.28. The molecule has 19 heavy (non-hydrogen) atoms. The van der Waals surface area contributed by atoms with Gasteiger partial charge in [0.25, 0.3) is 0 Å². The molecule has 0 radical (unpaired) electrons. The van der Waals surface area contributed by atoms with Gasteiger partial charge in [-0.05, 0) is 62.6 Å². The molecule has 1 aliphatic heterocycles. The topological polar surface area (TPSA) is 12.0 Å². The van der Waals surface area contributed by atoms with E-state index in [-0.39, 0.29) is 16.6 Å². The number of thioether (sulfide) groups is 1. The second-order valence-corrected chi connectivity index (χ2v) is 7.29. The van der Waals surface area contributed by atoms with E-state index in [0.717, 1.165) is 24.1 Å². The average Bonchev–Trinajstić information content (AvgIpc) is 2.82. The third-order valence-corrected chi connectivity index (χ3v) is 5.58. The van der Waals surface area contributed by atoms with Gasteiger partial charge in [-0.3, -0.25) is 0 Å². The van der Waals surface area contributed by atoms with Gasteiger partial charge in [0.2, 0.25) is 0 Å². The summed E-state index contributed by atoms with van der Waals surface area (Å²) in [5, 5.41) is 3.63. The van der Waals surface area contributed by atoms with E-state index in [1.807, 2.05) is 24.8 Å². The van der Waals surface area contributed by atoms with E-state index < -0.39 is 0 Å². The lowest BCUT2D eigenvalue weighted by Gasteiger charge is -2.34. The predicted octanol–water partition coefficient (Wildman–Crippen LogP) is 4.46.